The molecule has 0 radical (unpaired) electrons. The predicted octanol–water partition coefficient (Wildman–Crippen LogP) is 4.85. The average Bonchev–Trinajstić information content (AvgIpc) is 3.18. The number of hydrogen-bond donors (Lipinski definition) is 3. The molecule has 4 aromatic rings. The monoisotopic (exact) mass is 482 g/mol. The van der Waals surface area contributed by atoms with E-state index in [-0.39, 0.29) is 5.41 Å². The third kappa shape index (κ3) is 4.35. The minimum atomic E-state index is -0.707. The number of benzene rings is 2. The van der Waals surface area contributed by atoms with Crippen LogP contribution in [0.25, 0.3) is 16.9 Å². The Morgan fingerprint density at radius 1 is 1.03 bits per heavy atom. The Bertz CT molecular complexity index is 1400. The van der Waals surface area contributed by atoms with Gasteiger partial charge in [0, 0.05) is 23.5 Å². The summed E-state index contributed by atoms with van der Waals surface area (Å²) in [7, 11) is 0. The highest BCUT2D eigenvalue weighted by Gasteiger charge is 2.39. The summed E-state index contributed by atoms with van der Waals surface area (Å²) < 4.78 is 1.71. The van der Waals surface area contributed by atoms with Crippen molar-refractivity contribution in [2.75, 3.05) is 5.32 Å². The molecule has 0 saturated heterocycles. The van der Waals surface area contributed by atoms with Gasteiger partial charge in [-0.05, 0) is 48.9 Å². The number of aliphatic hydroxyl groups excluding tert-OH is 1. The van der Waals surface area contributed by atoms with Crippen molar-refractivity contribution in [2.24, 2.45) is 0 Å². The van der Waals surface area contributed by atoms with E-state index < -0.39 is 18.2 Å². The van der Waals surface area contributed by atoms with E-state index in [1.54, 1.807) is 17.1 Å². The summed E-state index contributed by atoms with van der Waals surface area (Å²) in [5, 5.41) is 21.8. The van der Waals surface area contributed by atoms with Crippen LogP contribution in [-0.4, -0.2) is 37.0 Å². The number of carbonyl (C=O) groups excluding carboxylic acids is 1. The van der Waals surface area contributed by atoms with Crippen molar-refractivity contribution in [3.05, 3.63) is 89.5 Å². The van der Waals surface area contributed by atoms with Gasteiger partial charge >= 0.3 is 6.03 Å². The minimum absolute atomic E-state index is 0.182. The number of amides is 2. The molecule has 1 aliphatic carbocycles. The molecular formula is C28H30N6O2. The number of nitrogens with one attached hydrogen (secondary N) is 2. The molecule has 2 amide bonds. The van der Waals surface area contributed by atoms with Gasteiger partial charge in [-0.25, -0.2) is 19.4 Å². The molecule has 2 atom stereocenters. The van der Waals surface area contributed by atoms with Crippen molar-refractivity contribution in [2.45, 2.75) is 51.7 Å². The highest BCUT2D eigenvalue weighted by Crippen LogP contribution is 2.41. The maximum atomic E-state index is 13.3. The summed E-state index contributed by atoms with van der Waals surface area (Å²) in [5.74, 6) is 1.21. The summed E-state index contributed by atoms with van der Waals surface area (Å²) >= 11 is 0. The molecule has 36 heavy (non-hydrogen) atoms. The molecular weight excluding hydrogens is 452 g/mol. The topological polar surface area (TPSA) is 105 Å². The SMILES string of the molecule is Cc1ncc(-c2nn(-c3ccccc3)c(NC(=O)NC3c4ccccc4C(C)(C)CC3O)c2C)cn1. The highest BCUT2D eigenvalue weighted by atomic mass is 16.3. The van der Waals surface area contributed by atoms with Crippen LogP contribution in [0.15, 0.2) is 67.0 Å². The lowest BCUT2D eigenvalue weighted by Gasteiger charge is -2.40. The first-order valence-corrected chi connectivity index (χ1v) is 12.0. The quantitative estimate of drug-likeness (QED) is 0.386. The van der Waals surface area contributed by atoms with E-state index in [9.17, 15) is 9.90 Å². The Labute approximate surface area is 210 Å². The first kappa shape index (κ1) is 23.7. The van der Waals surface area contributed by atoms with Crippen molar-refractivity contribution in [1.82, 2.24) is 25.1 Å². The van der Waals surface area contributed by atoms with Crippen LogP contribution in [0.3, 0.4) is 0 Å². The average molecular weight is 483 g/mol. The fourth-order valence-corrected chi connectivity index (χ4v) is 4.99. The molecule has 8 nitrogen and oxygen atoms in total. The number of urea groups is 1. The van der Waals surface area contributed by atoms with Gasteiger partial charge in [-0.2, -0.15) is 5.10 Å². The molecule has 2 heterocycles. The van der Waals surface area contributed by atoms with Gasteiger partial charge in [-0.3, -0.25) is 5.32 Å². The van der Waals surface area contributed by atoms with Gasteiger partial charge in [0.2, 0.25) is 0 Å². The van der Waals surface area contributed by atoms with Crippen LogP contribution in [0.4, 0.5) is 10.6 Å². The maximum absolute atomic E-state index is 13.3. The van der Waals surface area contributed by atoms with Crippen molar-refractivity contribution in [3.63, 3.8) is 0 Å². The number of aliphatic hydroxyl groups is 1. The normalized spacial score (nSPS) is 18.4. The van der Waals surface area contributed by atoms with Crippen LogP contribution < -0.4 is 10.6 Å². The highest BCUT2D eigenvalue weighted by molar-refractivity contribution is 5.91. The number of para-hydroxylation sites is 1. The molecule has 5 rings (SSSR count). The molecule has 184 valence electrons. The van der Waals surface area contributed by atoms with Crippen LogP contribution in [0, 0.1) is 13.8 Å². The second-order valence-electron chi connectivity index (χ2n) is 9.91. The van der Waals surface area contributed by atoms with Crippen LogP contribution in [0.2, 0.25) is 0 Å². The summed E-state index contributed by atoms with van der Waals surface area (Å²) in [6, 6.07) is 16.6. The third-order valence-electron chi connectivity index (χ3n) is 6.83. The molecule has 2 aromatic carbocycles. The van der Waals surface area contributed by atoms with E-state index in [2.05, 4.69) is 40.5 Å². The number of fused-ring (bicyclic) bond motifs is 1. The zero-order valence-electron chi connectivity index (χ0n) is 20.9. The number of anilines is 1. The summed E-state index contributed by atoms with van der Waals surface area (Å²) in [5.41, 5.74) is 4.91. The number of aryl methyl sites for hydroxylation is 1. The number of hydrogen-bond acceptors (Lipinski definition) is 5. The van der Waals surface area contributed by atoms with E-state index in [4.69, 9.17) is 5.10 Å². The molecule has 1 aliphatic rings. The molecule has 3 N–H and O–H groups in total. The zero-order chi connectivity index (χ0) is 25.4. The van der Waals surface area contributed by atoms with Gasteiger partial charge in [0.05, 0.1) is 17.8 Å². The summed E-state index contributed by atoms with van der Waals surface area (Å²) in [6.45, 7) is 7.97. The smallest absolute Gasteiger partial charge is 0.320 e. The number of carbonyl (C=O) groups is 1. The second-order valence-corrected chi connectivity index (χ2v) is 9.91. The largest absolute Gasteiger partial charge is 0.391 e. The van der Waals surface area contributed by atoms with Crippen LogP contribution >= 0.6 is 0 Å². The molecule has 0 bridgehead atoms. The van der Waals surface area contributed by atoms with Crippen LogP contribution in [-0.2, 0) is 5.41 Å². The number of aromatic nitrogens is 4. The first-order valence-electron chi connectivity index (χ1n) is 12.0. The molecule has 8 heteroatoms. The van der Waals surface area contributed by atoms with Crippen molar-refractivity contribution >= 4 is 11.8 Å². The van der Waals surface area contributed by atoms with Crippen LogP contribution in [0.5, 0.6) is 0 Å². The van der Waals surface area contributed by atoms with Gasteiger partial charge in [0.25, 0.3) is 0 Å². The molecule has 2 aromatic heterocycles. The minimum Gasteiger partial charge on any atom is -0.391 e. The Hall–Kier alpha value is -4.04. The molecule has 2 unspecified atom stereocenters. The lowest BCUT2D eigenvalue weighted by atomic mass is 9.70. The fraction of sp³-hybridized carbons (Fsp3) is 0.286. The molecule has 0 saturated carbocycles. The fourth-order valence-electron chi connectivity index (χ4n) is 4.99. The molecule has 0 fully saturated rings. The second kappa shape index (κ2) is 9.20. The number of nitrogens with zero attached hydrogens (tertiary/aromatic N) is 4. The Kier molecular flexibility index (Phi) is 6.05. The van der Waals surface area contributed by atoms with Crippen molar-refractivity contribution in [3.8, 4) is 16.9 Å². The Morgan fingerprint density at radius 2 is 1.69 bits per heavy atom. The van der Waals surface area contributed by atoms with Gasteiger partial charge in [-0.15, -0.1) is 0 Å². The van der Waals surface area contributed by atoms with Gasteiger partial charge in [-0.1, -0.05) is 56.3 Å². The van der Waals surface area contributed by atoms with Gasteiger partial charge in [0.1, 0.15) is 17.3 Å². The standard InChI is InChI=1S/C28H30N6O2/c1-17-24(19-15-29-18(2)30-16-19)33-34(20-10-6-5-7-11-20)26(17)32-27(36)31-25-21-12-8-9-13-22(21)28(3,4)14-23(25)35/h5-13,15-16,23,25,35H,14H2,1-4H3,(H2,31,32,36). The first-order chi connectivity index (χ1) is 17.2. The van der Waals surface area contributed by atoms with E-state index in [0.717, 1.165) is 27.9 Å². The van der Waals surface area contributed by atoms with E-state index in [1.807, 2.05) is 62.4 Å². The van der Waals surface area contributed by atoms with E-state index in [0.29, 0.717) is 23.8 Å². The van der Waals surface area contributed by atoms with Crippen molar-refractivity contribution in [1.29, 1.82) is 0 Å². The van der Waals surface area contributed by atoms with Crippen LogP contribution in [0.1, 0.15) is 48.8 Å². The van der Waals surface area contributed by atoms with Gasteiger partial charge < -0.3 is 10.4 Å². The van der Waals surface area contributed by atoms with E-state index in [1.165, 1.54) is 0 Å². The van der Waals surface area contributed by atoms with E-state index >= 15 is 0 Å². The lowest BCUT2D eigenvalue weighted by molar-refractivity contribution is 0.0883. The van der Waals surface area contributed by atoms with Gasteiger partial charge in [0.15, 0.2) is 0 Å². The van der Waals surface area contributed by atoms with Crippen molar-refractivity contribution < 1.29 is 9.90 Å². The zero-order valence-corrected chi connectivity index (χ0v) is 20.9. The lowest BCUT2D eigenvalue weighted by Crippen LogP contribution is -2.45. The molecule has 0 spiro atoms. The number of rotatable bonds is 4. The summed E-state index contributed by atoms with van der Waals surface area (Å²) in [6.07, 6.45) is 3.30. The predicted molar refractivity (Wildman–Crippen MR) is 139 cm³/mol. The summed E-state index contributed by atoms with van der Waals surface area (Å²) in [4.78, 5) is 21.9. The molecule has 0 aliphatic heterocycles. The Morgan fingerprint density at radius 3 is 2.42 bits per heavy atom. The maximum Gasteiger partial charge on any atom is 0.320 e. The third-order valence-corrected chi connectivity index (χ3v) is 6.83. The Balaban J connectivity index is 1.49.